The number of nitrogens with zero attached hydrogens (tertiary/aromatic N) is 1. The molecule has 3 aliphatic heterocycles. The lowest BCUT2D eigenvalue weighted by Gasteiger charge is -2.47. The van der Waals surface area contributed by atoms with Gasteiger partial charge in [0.05, 0.1) is 24.2 Å². The predicted octanol–water partition coefficient (Wildman–Crippen LogP) is -0.822. The Morgan fingerprint density at radius 1 is 1.61 bits per heavy atom. The van der Waals surface area contributed by atoms with E-state index in [2.05, 4.69) is 5.32 Å². The minimum Gasteiger partial charge on any atom is -0.508 e. The molecule has 1 aromatic carbocycles. The number of carbonyl (C=O) groups is 2. The second-order valence-corrected chi connectivity index (χ2v) is 5.93. The predicted molar refractivity (Wildman–Crippen MR) is 75.9 cm³/mol. The smallest absolute Gasteiger partial charge is 0.404 e. The number of amides is 1. The van der Waals surface area contributed by atoms with Crippen LogP contribution >= 0.6 is 0 Å². The molecule has 0 spiro atoms. The summed E-state index contributed by atoms with van der Waals surface area (Å²) in [5, 5.41) is 25.8. The summed E-state index contributed by atoms with van der Waals surface area (Å²) < 4.78 is 4.85. The Hall–Kier alpha value is -2.36. The van der Waals surface area contributed by atoms with E-state index in [0.29, 0.717) is 24.1 Å². The molecule has 0 radical (unpaired) electrons. The number of ether oxygens (including phenoxy) is 1. The standard InChI is InChI=1S/C14H15N3O6/c15-13(20)22-5-7-11-9(1-6(4-18)2-10(11)19)17-3-8-12(16-8)14(7,21)23-17/h1-2,4,7-8,12,16,19,21H,3,5H2,(H2,15,20)/t7-,8-,12-,14-/m0/s1. The first-order valence-electron chi connectivity index (χ1n) is 7.13. The molecule has 0 unspecified atom stereocenters. The van der Waals surface area contributed by atoms with E-state index in [4.69, 9.17) is 15.3 Å². The highest BCUT2D eigenvalue weighted by Crippen LogP contribution is 2.53. The van der Waals surface area contributed by atoms with E-state index < -0.39 is 17.8 Å². The van der Waals surface area contributed by atoms with E-state index in [1.54, 1.807) is 6.07 Å². The molecule has 4 rings (SSSR count). The third kappa shape index (κ3) is 1.97. The van der Waals surface area contributed by atoms with Gasteiger partial charge in [-0.2, -0.15) is 0 Å². The molecule has 0 aliphatic carbocycles. The van der Waals surface area contributed by atoms with Crippen molar-refractivity contribution in [1.82, 2.24) is 5.32 Å². The first kappa shape index (κ1) is 14.2. The molecular formula is C14H15N3O6. The Bertz CT molecular complexity index is 710. The number of nitrogens with two attached hydrogens (primary N) is 1. The summed E-state index contributed by atoms with van der Waals surface area (Å²) >= 11 is 0. The first-order chi connectivity index (χ1) is 10.9. The minimum absolute atomic E-state index is 0.0139. The highest BCUT2D eigenvalue weighted by atomic mass is 16.8. The molecule has 0 saturated carbocycles. The van der Waals surface area contributed by atoms with Crippen molar-refractivity contribution in [3.63, 3.8) is 0 Å². The monoisotopic (exact) mass is 321 g/mol. The van der Waals surface area contributed by atoms with Gasteiger partial charge in [-0.05, 0) is 12.1 Å². The second kappa shape index (κ2) is 4.57. The van der Waals surface area contributed by atoms with Crippen molar-refractivity contribution in [3.8, 4) is 5.75 Å². The largest absolute Gasteiger partial charge is 0.508 e. The number of carbonyl (C=O) groups excluding carboxylic acids is 2. The van der Waals surface area contributed by atoms with Crippen molar-refractivity contribution in [2.75, 3.05) is 18.2 Å². The number of nitrogens with one attached hydrogen (secondary N) is 1. The number of aromatic hydroxyl groups is 1. The lowest BCUT2D eigenvalue weighted by atomic mass is 9.83. The molecule has 1 amide bonds. The van der Waals surface area contributed by atoms with Crippen LogP contribution in [0.1, 0.15) is 21.8 Å². The number of hydrogen-bond acceptors (Lipinski definition) is 8. The lowest BCUT2D eigenvalue weighted by molar-refractivity contribution is -0.247. The van der Waals surface area contributed by atoms with Gasteiger partial charge in [0, 0.05) is 17.2 Å². The highest BCUT2D eigenvalue weighted by Gasteiger charge is 2.65. The molecule has 2 fully saturated rings. The average molecular weight is 321 g/mol. The van der Waals surface area contributed by atoms with Gasteiger partial charge in [0.2, 0.25) is 5.79 Å². The third-order valence-corrected chi connectivity index (χ3v) is 4.55. The van der Waals surface area contributed by atoms with Crippen molar-refractivity contribution in [2.24, 2.45) is 5.73 Å². The van der Waals surface area contributed by atoms with E-state index in [1.165, 1.54) is 11.1 Å². The highest BCUT2D eigenvalue weighted by molar-refractivity contribution is 5.80. The molecular weight excluding hydrogens is 306 g/mol. The summed E-state index contributed by atoms with van der Waals surface area (Å²) in [6.07, 6.45) is -0.379. The zero-order valence-corrected chi connectivity index (χ0v) is 11.9. The summed E-state index contributed by atoms with van der Waals surface area (Å²) in [5.41, 5.74) is 6.10. The van der Waals surface area contributed by atoms with Gasteiger partial charge >= 0.3 is 6.09 Å². The van der Waals surface area contributed by atoms with Crippen LogP contribution in [-0.4, -0.2) is 53.6 Å². The molecule has 2 saturated heterocycles. The molecule has 3 heterocycles. The Morgan fingerprint density at radius 2 is 2.39 bits per heavy atom. The Morgan fingerprint density at radius 3 is 3.09 bits per heavy atom. The Balaban J connectivity index is 1.84. The second-order valence-electron chi connectivity index (χ2n) is 5.93. The van der Waals surface area contributed by atoms with Crippen LogP contribution < -0.4 is 16.1 Å². The number of aliphatic hydroxyl groups is 1. The van der Waals surface area contributed by atoms with Gasteiger partial charge in [-0.1, -0.05) is 0 Å². The van der Waals surface area contributed by atoms with Crippen LogP contribution in [0.25, 0.3) is 0 Å². The number of hydroxylamine groups is 1. The molecule has 0 aromatic heterocycles. The van der Waals surface area contributed by atoms with Crippen LogP contribution in [0, 0.1) is 0 Å². The number of aldehydes is 1. The SMILES string of the molecule is NC(=O)OC[C@H]1c2c(O)cc(C=O)cc2N2C[C@@H]3N[C@@H]3[C@@]1(O)O2. The van der Waals surface area contributed by atoms with Crippen molar-refractivity contribution in [3.05, 3.63) is 23.3 Å². The van der Waals surface area contributed by atoms with Crippen molar-refractivity contribution < 1.29 is 29.4 Å². The molecule has 9 nitrogen and oxygen atoms in total. The van der Waals surface area contributed by atoms with Crippen LogP contribution in [-0.2, 0) is 9.57 Å². The number of rotatable bonds is 3. The number of phenols is 1. The summed E-state index contributed by atoms with van der Waals surface area (Å²) in [4.78, 5) is 27.6. The fourth-order valence-corrected chi connectivity index (χ4v) is 3.47. The van der Waals surface area contributed by atoms with Crippen LogP contribution in [0.4, 0.5) is 10.5 Å². The zero-order chi connectivity index (χ0) is 16.4. The van der Waals surface area contributed by atoms with Crippen molar-refractivity contribution in [2.45, 2.75) is 23.8 Å². The number of primary amides is 1. The van der Waals surface area contributed by atoms with Gasteiger partial charge in [-0.15, -0.1) is 0 Å². The normalized spacial score (nSPS) is 33.4. The average Bonchev–Trinajstić information content (AvgIpc) is 3.27. The van der Waals surface area contributed by atoms with Gasteiger partial charge < -0.3 is 26.0 Å². The topological polar surface area (TPSA) is 144 Å². The lowest BCUT2D eigenvalue weighted by Crippen LogP contribution is -2.59. The molecule has 9 heteroatoms. The fourth-order valence-electron chi connectivity index (χ4n) is 3.47. The minimum atomic E-state index is -1.68. The molecule has 122 valence electrons. The van der Waals surface area contributed by atoms with Gasteiger partial charge in [0.1, 0.15) is 18.6 Å². The zero-order valence-electron chi connectivity index (χ0n) is 11.9. The first-order valence-corrected chi connectivity index (χ1v) is 7.13. The summed E-state index contributed by atoms with van der Waals surface area (Å²) in [6.45, 7) is 0.205. The Labute approximate surface area is 130 Å². The van der Waals surface area contributed by atoms with E-state index in [0.717, 1.165) is 0 Å². The number of hydrogen-bond donors (Lipinski definition) is 4. The Kier molecular flexibility index (Phi) is 2.83. The summed E-state index contributed by atoms with van der Waals surface area (Å²) in [7, 11) is 0. The molecule has 23 heavy (non-hydrogen) atoms. The number of phenolic OH excluding ortho intramolecular Hbond substituents is 1. The van der Waals surface area contributed by atoms with Gasteiger partial charge in [0.25, 0.3) is 0 Å². The van der Waals surface area contributed by atoms with Crippen LogP contribution in [0.15, 0.2) is 12.1 Å². The summed E-state index contributed by atoms with van der Waals surface area (Å²) in [6, 6.07) is 2.53. The van der Waals surface area contributed by atoms with Crippen molar-refractivity contribution >= 4 is 18.1 Å². The molecule has 5 N–H and O–H groups in total. The van der Waals surface area contributed by atoms with Crippen LogP contribution in [0.3, 0.4) is 0 Å². The van der Waals surface area contributed by atoms with Crippen LogP contribution in [0.5, 0.6) is 5.75 Å². The quantitative estimate of drug-likeness (QED) is 0.417. The maximum absolute atomic E-state index is 11.0. The van der Waals surface area contributed by atoms with E-state index in [9.17, 15) is 19.8 Å². The maximum atomic E-state index is 11.0. The third-order valence-electron chi connectivity index (χ3n) is 4.55. The van der Waals surface area contributed by atoms with E-state index >= 15 is 0 Å². The van der Waals surface area contributed by atoms with E-state index in [1.807, 2.05) is 0 Å². The molecule has 1 aromatic rings. The fraction of sp³-hybridized carbons (Fsp3) is 0.429. The number of benzene rings is 1. The molecule has 3 aliphatic rings. The van der Waals surface area contributed by atoms with Gasteiger partial charge in [-0.3, -0.25) is 4.79 Å². The van der Waals surface area contributed by atoms with E-state index in [-0.39, 0.29) is 30.0 Å². The molecule has 4 atom stereocenters. The van der Waals surface area contributed by atoms with Gasteiger partial charge in [-0.25, -0.2) is 14.7 Å². The summed E-state index contributed by atoms with van der Waals surface area (Å²) in [5.74, 6) is -2.69. The number of anilines is 1. The maximum Gasteiger partial charge on any atom is 0.404 e. The van der Waals surface area contributed by atoms with Gasteiger partial charge in [0.15, 0.2) is 0 Å². The van der Waals surface area contributed by atoms with Crippen molar-refractivity contribution in [1.29, 1.82) is 0 Å². The number of fused-ring (bicyclic) bond motifs is 6. The van der Waals surface area contributed by atoms with Crippen LogP contribution in [0.2, 0.25) is 0 Å². The molecule has 2 bridgehead atoms.